The highest BCUT2D eigenvalue weighted by atomic mass is 16.2. The molecule has 0 aliphatic carbocycles. The number of aromatic amines is 2. The maximum atomic E-state index is 14.3. The molecule has 0 fully saturated rings. The molecular formula is C67H48N6O. The first kappa shape index (κ1) is 44.1. The minimum Gasteiger partial charge on any atom is -0.354 e. The number of nitrogens with one attached hydrogen (secondary N) is 4. The van der Waals surface area contributed by atoms with E-state index in [1.165, 1.54) is 10.8 Å². The Kier molecular flexibility index (Phi) is 11.0. The van der Waals surface area contributed by atoms with Crippen LogP contribution in [0.5, 0.6) is 0 Å². The van der Waals surface area contributed by atoms with Gasteiger partial charge in [0, 0.05) is 55.7 Å². The fourth-order valence-electron chi connectivity index (χ4n) is 10.7. The average Bonchev–Trinajstić information content (AvgIpc) is 4.29. The van der Waals surface area contributed by atoms with Crippen LogP contribution in [0.2, 0.25) is 0 Å². The number of nitrogens with zero attached hydrogens (tertiary/aromatic N) is 2. The number of benzene rings is 8. The molecule has 4 N–H and O–H groups in total. The first-order chi connectivity index (χ1) is 36.4. The van der Waals surface area contributed by atoms with Gasteiger partial charge >= 0.3 is 6.03 Å². The minimum absolute atomic E-state index is 0.337. The first-order valence-corrected chi connectivity index (χ1v) is 24.9. The van der Waals surface area contributed by atoms with Crippen molar-refractivity contribution in [3.8, 4) is 55.6 Å². The predicted molar refractivity (Wildman–Crippen MR) is 310 cm³/mol. The lowest BCUT2D eigenvalue weighted by Gasteiger charge is -2.16. The quantitative estimate of drug-likeness (QED) is 0.120. The molecule has 352 valence electrons. The van der Waals surface area contributed by atoms with Gasteiger partial charge in [0.25, 0.3) is 0 Å². The molecule has 3 aromatic heterocycles. The van der Waals surface area contributed by atoms with Gasteiger partial charge in [0.2, 0.25) is 0 Å². The number of aromatic nitrogens is 4. The maximum absolute atomic E-state index is 14.3. The van der Waals surface area contributed by atoms with Crippen molar-refractivity contribution in [2.45, 2.75) is 13.8 Å². The molecule has 13 rings (SSSR count). The third-order valence-electron chi connectivity index (χ3n) is 14.3. The highest BCUT2D eigenvalue weighted by molar-refractivity contribution is 6.13. The van der Waals surface area contributed by atoms with Crippen LogP contribution < -0.4 is 10.6 Å². The van der Waals surface area contributed by atoms with E-state index in [0.29, 0.717) is 5.69 Å². The second-order valence-corrected chi connectivity index (χ2v) is 18.9. The van der Waals surface area contributed by atoms with E-state index in [1.807, 2.05) is 32.0 Å². The summed E-state index contributed by atoms with van der Waals surface area (Å²) in [5.74, 6) is 0. The van der Waals surface area contributed by atoms with Crippen LogP contribution in [0.4, 0.5) is 16.2 Å². The molecule has 7 heteroatoms. The largest absolute Gasteiger partial charge is 0.354 e. The van der Waals surface area contributed by atoms with E-state index in [9.17, 15) is 4.79 Å². The second kappa shape index (κ2) is 18.4. The van der Waals surface area contributed by atoms with E-state index >= 15 is 0 Å². The first-order valence-electron chi connectivity index (χ1n) is 24.9. The zero-order valence-electron chi connectivity index (χ0n) is 40.7. The molecule has 7 nitrogen and oxygen atoms in total. The van der Waals surface area contributed by atoms with E-state index in [1.54, 1.807) is 0 Å². The zero-order chi connectivity index (χ0) is 49.7. The van der Waals surface area contributed by atoms with Crippen molar-refractivity contribution in [1.29, 1.82) is 0 Å². The topological polar surface area (TPSA) is 98.5 Å². The van der Waals surface area contributed by atoms with Gasteiger partial charge in [-0.2, -0.15) is 0 Å². The molecule has 0 atom stereocenters. The lowest BCUT2D eigenvalue weighted by atomic mass is 9.91. The van der Waals surface area contributed by atoms with Gasteiger partial charge in [0.05, 0.1) is 22.8 Å². The lowest BCUT2D eigenvalue weighted by molar-refractivity contribution is 0.262. The van der Waals surface area contributed by atoms with E-state index in [2.05, 4.69) is 233 Å². The van der Waals surface area contributed by atoms with Gasteiger partial charge in [-0.3, -0.25) is 0 Å². The SMILES string of the molecule is Cc1ccc(-c2c3nc(c(-c4ccccc4)c4ccc([nH]4)c(-c4ccccc4)c4nc(c(-c5ccccc5)c5ccc2[nH]5)C=C4)C=C3)cc1NC(=O)Nc1cc(-c2c3ccccc3cc3ccccc23)ccc1C. The van der Waals surface area contributed by atoms with Crippen LogP contribution in [0.1, 0.15) is 33.9 Å². The molecule has 2 aliphatic rings. The third kappa shape index (κ3) is 8.03. The van der Waals surface area contributed by atoms with Crippen LogP contribution in [0.25, 0.3) is 124 Å². The van der Waals surface area contributed by atoms with Crippen LogP contribution >= 0.6 is 0 Å². The Balaban J connectivity index is 0.972. The summed E-state index contributed by atoms with van der Waals surface area (Å²) in [5, 5.41) is 11.1. The van der Waals surface area contributed by atoms with Crippen molar-refractivity contribution in [1.82, 2.24) is 19.9 Å². The highest BCUT2D eigenvalue weighted by Gasteiger charge is 2.20. The molecule has 74 heavy (non-hydrogen) atoms. The van der Waals surface area contributed by atoms with Crippen molar-refractivity contribution >= 4 is 85.3 Å². The van der Waals surface area contributed by atoms with E-state index < -0.39 is 0 Å². The van der Waals surface area contributed by atoms with Crippen LogP contribution in [0.15, 0.2) is 206 Å². The number of carbonyl (C=O) groups excluding carboxylic acids is 1. The molecule has 0 saturated carbocycles. The summed E-state index contributed by atoms with van der Waals surface area (Å²) in [6, 6.07) is 71.2. The minimum atomic E-state index is -0.337. The molecule has 0 unspecified atom stereocenters. The van der Waals surface area contributed by atoms with E-state index in [0.717, 1.165) is 128 Å². The Morgan fingerprint density at radius 1 is 0.351 bits per heavy atom. The molecule has 8 aromatic carbocycles. The van der Waals surface area contributed by atoms with Crippen LogP contribution in [0.3, 0.4) is 0 Å². The molecule has 11 aromatic rings. The summed E-state index contributed by atoms with van der Waals surface area (Å²) in [6.07, 6.45) is 8.44. The number of fused-ring (bicyclic) bond motifs is 10. The number of H-pyrrole nitrogens is 2. The van der Waals surface area contributed by atoms with Crippen molar-refractivity contribution in [3.05, 3.63) is 240 Å². The van der Waals surface area contributed by atoms with Crippen molar-refractivity contribution in [2.75, 3.05) is 10.6 Å². The summed E-state index contributed by atoms with van der Waals surface area (Å²) in [4.78, 5) is 32.9. The average molecular weight is 953 g/mol. The second-order valence-electron chi connectivity index (χ2n) is 18.9. The van der Waals surface area contributed by atoms with Gasteiger partial charge in [0.15, 0.2) is 0 Å². The molecule has 2 aliphatic heterocycles. The van der Waals surface area contributed by atoms with Gasteiger partial charge in [-0.25, -0.2) is 14.8 Å². The summed E-state index contributed by atoms with van der Waals surface area (Å²) in [5.41, 5.74) is 20.3. The Bertz CT molecular complexity index is 4190. The Morgan fingerprint density at radius 3 is 1.08 bits per heavy atom. The van der Waals surface area contributed by atoms with Gasteiger partial charge in [-0.15, -0.1) is 0 Å². The number of rotatable bonds is 7. The standard InChI is InChI=1S/C67H48N6O/c1-41-26-28-48(62-50-24-14-12-22-46(50)38-47-23-13-15-25-51(47)62)39-60(41)72-67(74)73-61-40-49(29-27-42(61)2)66-58-36-34-56(70-58)64(44-18-8-4-9-19-44)54-32-30-52(68-54)63(43-16-6-3-7-17-43)53-31-33-55(69-53)65(45-20-10-5-11-21-45)57-35-37-59(66)71-57/h3-40,68,71H,1-2H3,(H2,72,73,74). The normalized spacial score (nSPS) is 11.9. The third-order valence-corrected chi connectivity index (χ3v) is 14.3. The number of hydrogen-bond acceptors (Lipinski definition) is 3. The predicted octanol–water partition coefficient (Wildman–Crippen LogP) is 17.6. The Hall–Kier alpha value is -9.85. The smallest absolute Gasteiger partial charge is 0.323 e. The molecule has 0 spiro atoms. The van der Waals surface area contributed by atoms with Crippen molar-refractivity contribution < 1.29 is 4.79 Å². The van der Waals surface area contributed by atoms with Crippen molar-refractivity contribution in [3.63, 3.8) is 0 Å². The monoisotopic (exact) mass is 952 g/mol. The number of anilines is 2. The Labute approximate surface area is 428 Å². The summed E-state index contributed by atoms with van der Waals surface area (Å²) < 4.78 is 0. The molecular weight excluding hydrogens is 905 g/mol. The number of hydrogen-bond donors (Lipinski definition) is 4. The van der Waals surface area contributed by atoms with Gasteiger partial charge in [0.1, 0.15) is 0 Å². The summed E-state index contributed by atoms with van der Waals surface area (Å²) >= 11 is 0. The number of aryl methyl sites for hydroxylation is 2. The Morgan fingerprint density at radius 2 is 0.689 bits per heavy atom. The molecule has 8 bridgehead atoms. The number of carbonyl (C=O) groups is 1. The molecule has 0 radical (unpaired) electrons. The fraction of sp³-hybridized carbons (Fsp3) is 0.0299. The van der Waals surface area contributed by atoms with E-state index in [-0.39, 0.29) is 6.03 Å². The van der Waals surface area contributed by atoms with Crippen LogP contribution in [-0.4, -0.2) is 26.0 Å². The molecule has 2 amide bonds. The van der Waals surface area contributed by atoms with Gasteiger partial charge in [-0.05, 0) is 147 Å². The van der Waals surface area contributed by atoms with Gasteiger partial charge in [-0.1, -0.05) is 164 Å². The maximum Gasteiger partial charge on any atom is 0.323 e. The molecule has 5 heterocycles. The highest BCUT2D eigenvalue weighted by Crippen LogP contribution is 2.41. The zero-order valence-corrected chi connectivity index (χ0v) is 40.7. The van der Waals surface area contributed by atoms with Crippen LogP contribution in [-0.2, 0) is 0 Å². The lowest BCUT2D eigenvalue weighted by Crippen LogP contribution is -2.20. The summed E-state index contributed by atoms with van der Waals surface area (Å²) in [7, 11) is 0. The fourth-order valence-corrected chi connectivity index (χ4v) is 10.7. The van der Waals surface area contributed by atoms with Crippen molar-refractivity contribution in [2.24, 2.45) is 0 Å². The molecule has 0 saturated heterocycles. The van der Waals surface area contributed by atoms with Crippen LogP contribution in [0, 0.1) is 13.8 Å². The summed E-state index contributed by atoms with van der Waals surface area (Å²) in [6.45, 7) is 4.04. The van der Waals surface area contributed by atoms with E-state index in [4.69, 9.17) is 9.97 Å². The number of amides is 2. The van der Waals surface area contributed by atoms with Gasteiger partial charge < -0.3 is 20.6 Å². The number of urea groups is 1.